The molecule has 0 unspecified atom stereocenters. The fourth-order valence-corrected chi connectivity index (χ4v) is 2.27. The zero-order chi connectivity index (χ0) is 14.8. The van der Waals surface area contributed by atoms with Gasteiger partial charge in [-0.3, -0.25) is 4.98 Å². The van der Waals surface area contributed by atoms with Crippen LogP contribution in [-0.2, 0) is 11.3 Å². The molecular formula is C14H14FN3O3. The van der Waals surface area contributed by atoms with Crippen LogP contribution in [0.3, 0.4) is 0 Å². The number of carbonyl (C=O) groups excluding carboxylic acids is 1. The van der Waals surface area contributed by atoms with Crippen molar-refractivity contribution in [3.05, 3.63) is 29.8 Å². The zero-order valence-electron chi connectivity index (χ0n) is 11.5. The second kappa shape index (κ2) is 5.51. The summed E-state index contributed by atoms with van der Waals surface area (Å²) in [7, 11) is 0. The number of hydrogen-bond acceptors (Lipinski definition) is 5. The first-order chi connectivity index (χ1) is 10.2. The smallest absolute Gasteiger partial charge is 0.345 e. The number of aromatic nitrogens is 3. The monoisotopic (exact) mass is 291 g/mol. The summed E-state index contributed by atoms with van der Waals surface area (Å²) < 4.78 is 26.1. The van der Waals surface area contributed by atoms with Crippen molar-refractivity contribution in [1.29, 1.82) is 0 Å². The van der Waals surface area contributed by atoms with Crippen molar-refractivity contribution in [3.8, 4) is 17.1 Å². The van der Waals surface area contributed by atoms with Crippen LogP contribution in [0.5, 0.6) is 5.88 Å². The third-order valence-electron chi connectivity index (χ3n) is 3.17. The maximum atomic E-state index is 14.0. The Kier molecular flexibility index (Phi) is 3.55. The van der Waals surface area contributed by atoms with Crippen molar-refractivity contribution in [2.24, 2.45) is 0 Å². The number of carbonyl (C=O) groups is 1. The normalized spacial score (nSPS) is 13.4. The molecule has 0 amide bonds. The Morgan fingerprint density at radius 3 is 3.19 bits per heavy atom. The summed E-state index contributed by atoms with van der Waals surface area (Å²) in [5.41, 5.74) is 0.602. The van der Waals surface area contributed by atoms with E-state index >= 15 is 0 Å². The maximum absolute atomic E-state index is 14.0. The quantitative estimate of drug-likeness (QED) is 0.810. The number of fused-ring (bicyclic) bond motifs is 1. The molecule has 0 bridgehead atoms. The summed E-state index contributed by atoms with van der Waals surface area (Å²) in [6.45, 7) is 3.05. The first kappa shape index (κ1) is 13.5. The Bertz CT molecular complexity index is 684. The molecular weight excluding hydrogens is 277 g/mol. The number of rotatable bonds is 3. The van der Waals surface area contributed by atoms with Gasteiger partial charge in [0.15, 0.2) is 5.82 Å². The highest BCUT2D eigenvalue weighted by molar-refractivity contribution is 5.98. The highest BCUT2D eigenvalue weighted by atomic mass is 19.1. The number of nitrogens with zero attached hydrogens (tertiary/aromatic N) is 3. The third kappa shape index (κ3) is 2.35. The van der Waals surface area contributed by atoms with Gasteiger partial charge in [-0.05, 0) is 13.0 Å². The van der Waals surface area contributed by atoms with Crippen molar-refractivity contribution in [3.63, 3.8) is 0 Å². The van der Waals surface area contributed by atoms with Gasteiger partial charge in [0.25, 0.3) is 0 Å². The molecule has 2 aromatic rings. The molecule has 0 fully saturated rings. The largest absolute Gasteiger partial charge is 0.477 e. The van der Waals surface area contributed by atoms with Crippen LogP contribution in [0.25, 0.3) is 11.3 Å². The van der Waals surface area contributed by atoms with Crippen molar-refractivity contribution in [1.82, 2.24) is 14.8 Å². The molecule has 0 radical (unpaired) electrons. The molecule has 3 heterocycles. The van der Waals surface area contributed by atoms with E-state index in [0.29, 0.717) is 19.0 Å². The van der Waals surface area contributed by atoms with Crippen LogP contribution in [0.1, 0.15) is 23.7 Å². The Morgan fingerprint density at radius 2 is 2.43 bits per heavy atom. The summed E-state index contributed by atoms with van der Waals surface area (Å²) >= 11 is 0. The fraction of sp³-hybridized carbons (Fsp3) is 0.357. The van der Waals surface area contributed by atoms with Crippen molar-refractivity contribution < 1.29 is 18.7 Å². The second-order valence-corrected chi connectivity index (χ2v) is 4.53. The molecule has 0 aromatic carbocycles. The van der Waals surface area contributed by atoms with E-state index in [-0.39, 0.29) is 23.4 Å². The molecule has 6 nitrogen and oxygen atoms in total. The van der Waals surface area contributed by atoms with Crippen LogP contribution >= 0.6 is 0 Å². The number of aryl methyl sites for hydroxylation is 1. The van der Waals surface area contributed by atoms with E-state index in [4.69, 9.17) is 9.47 Å². The van der Waals surface area contributed by atoms with Gasteiger partial charge in [0.1, 0.15) is 11.3 Å². The number of pyridine rings is 1. The van der Waals surface area contributed by atoms with Gasteiger partial charge in [-0.25, -0.2) is 13.9 Å². The molecule has 7 heteroatoms. The Hall–Kier alpha value is -2.44. The van der Waals surface area contributed by atoms with Crippen LogP contribution in [0, 0.1) is 5.82 Å². The molecule has 0 atom stereocenters. The highest BCUT2D eigenvalue weighted by Crippen LogP contribution is 2.34. The molecule has 110 valence electrons. The SMILES string of the molecule is CCOC(=O)c1c(-c2ccncc2F)nn2c1OCCC2. The van der Waals surface area contributed by atoms with Gasteiger partial charge in [-0.1, -0.05) is 0 Å². The van der Waals surface area contributed by atoms with E-state index in [1.807, 2.05) is 0 Å². The molecule has 0 saturated carbocycles. The molecule has 1 aliphatic heterocycles. The predicted octanol–water partition coefficient (Wildman–Crippen LogP) is 2.04. The minimum Gasteiger partial charge on any atom is -0.477 e. The maximum Gasteiger partial charge on any atom is 0.345 e. The molecule has 0 spiro atoms. The van der Waals surface area contributed by atoms with E-state index in [2.05, 4.69) is 10.1 Å². The van der Waals surface area contributed by atoms with Gasteiger partial charge < -0.3 is 9.47 Å². The van der Waals surface area contributed by atoms with Gasteiger partial charge in [-0.2, -0.15) is 5.10 Å². The van der Waals surface area contributed by atoms with Crippen LogP contribution in [0.15, 0.2) is 18.5 Å². The molecule has 21 heavy (non-hydrogen) atoms. The topological polar surface area (TPSA) is 66.2 Å². The van der Waals surface area contributed by atoms with Crippen molar-refractivity contribution >= 4 is 5.97 Å². The lowest BCUT2D eigenvalue weighted by Gasteiger charge is -2.15. The van der Waals surface area contributed by atoms with Gasteiger partial charge in [0, 0.05) is 24.7 Å². The van der Waals surface area contributed by atoms with E-state index in [0.717, 1.165) is 12.6 Å². The molecule has 0 saturated heterocycles. The number of halogens is 1. The van der Waals surface area contributed by atoms with Crippen LogP contribution < -0.4 is 4.74 Å². The summed E-state index contributed by atoms with van der Waals surface area (Å²) in [5, 5.41) is 4.31. The lowest BCUT2D eigenvalue weighted by molar-refractivity contribution is 0.0520. The lowest BCUT2D eigenvalue weighted by atomic mass is 10.1. The minimum atomic E-state index is -0.563. The van der Waals surface area contributed by atoms with Gasteiger partial charge in [-0.15, -0.1) is 0 Å². The van der Waals surface area contributed by atoms with Gasteiger partial charge in [0.05, 0.1) is 19.4 Å². The Morgan fingerprint density at radius 1 is 1.57 bits per heavy atom. The highest BCUT2D eigenvalue weighted by Gasteiger charge is 2.30. The van der Waals surface area contributed by atoms with Crippen LogP contribution in [-0.4, -0.2) is 33.9 Å². The van der Waals surface area contributed by atoms with E-state index in [1.165, 1.54) is 12.3 Å². The van der Waals surface area contributed by atoms with Crippen LogP contribution in [0.2, 0.25) is 0 Å². The summed E-state index contributed by atoms with van der Waals surface area (Å²) in [5.74, 6) is -0.767. The van der Waals surface area contributed by atoms with Gasteiger partial charge in [0.2, 0.25) is 5.88 Å². The summed E-state index contributed by atoms with van der Waals surface area (Å²) in [6.07, 6.45) is 3.32. The zero-order valence-corrected chi connectivity index (χ0v) is 11.5. The Balaban J connectivity index is 2.18. The molecule has 0 N–H and O–H groups in total. The molecule has 0 aliphatic carbocycles. The number of esters is 1. The molecule has 2 aromatic heterocycles. The molecule has 3 rings (SSSR count). The number of ether oxygens (including phenoxy) is 2. The molecule has 1 aliphatic rings. The van der Waals surface area contributed by atoms with Crippen molar-refractivity contribution in [2.45, 2.75) is 19.9 Å². The fourth-order valence-electron chi connectivity index (χ4n) is 2.27. The van der Waals surface area contributed by atoms with E-state index < -0.39 is 11.8 Å². The number of hydrogen-bond donors (Lipinski definition) is 0. The minimum absolute atomic E-state index is 0.168. The second-order valence-electron chi connectivity index (χ2n) is 4.53. The third-order valence-corrected chi connectivity index (χ3v) is 3.17. The standard InChI is InChI=1S/C14H14FN3O3/c1-2-20-14(19)11-12(9-4-5-16-8-10(9)15)17-18-6-3-7-21-13(11)18/h4-5,8H,2-3,6-7H2,1H3. The lowest BCUT2D eigenvalue weighted by Crippen LogP contribution is -2.16. The summed E-state index contributed by atoms with van der Waals surface area (Å²) in [4.78, 5) is 15.9. The van der Waals surface area contributed by atoms with Crippen LogP contribution in [0.4, 0.5) is 4.39 Å². The predicted molar refractivity (Wildman–Crippen MR) is 71.5 cm³/mol. The average Bonchev–Trinajstić information content (AvgIpc) is 2.87. The van der Waals surface area contributed by atoms with Gasteiger partial charge >= 0.3 is 5.97 Å². The van der Waals surface area contributed by atoms with E-state index in [1.54, 1.807) is 11.6 Å². The van der Waals surface area contributed by atoms with Crippen molar-refractivity contribution in [2.75, 3.05) is 13.2 Å². The Labute approximate surface area is 120 Å². The summed E-state index contributed by atoms with van der Waals surface area (Å²) in [6, 6.07) is 1.48. The average molecular weight is 291 g/mol. The first-order valence-corrected chi connectivity index (χ1v) is 6.73. The van der Waals surface area contributed by atoms with E-state index in [9.17, 15) is 9.18 Å². The first-order valence-electron chi connectivity index (χ1n) is 6.73.